The summed E-state index contributed by atoms with van der Waals surface area (Å²) < 4.78 is 2.31. The van der Waals surface area contributed by atoms with Gasteiger partial charge in [0.05, 0.1) is 6.04 Å². The monoisotopic (exact) mass is 478 g/mol. The van der Waals surface area contributed by atoms with Crippen molar-refractivity contribution in [1.82, 2.24) is 5.32 Å². The number of carbonyl (C=O) groups excluding carboxylic acids is 1. The third-order valence-corrected chi connectivity index (χ3v) is 4.13. The number of hydrogen-bond acceptors (Lipinski definition) is 1. The minimum absolute atomic E-state index is 0.216. The van der Waals surface area contributed by atoms with Gasteiger partial charge in [0.2, 0.25) is 0 Å². The van der Waals surface area contributed by atoms with Gasteiger partial charge in [0.25, 0.3) is 0 Å². The van der Waals surface area contributed by atoms with Crippen molar-refractivity contribution in [2.75, 3.05) is 0 Å². The van der Waals surface area contributed by atoms with E-state index in [-0.39, 0.29) is 6.04 Å². The summed E-state index contributed by atoms with van der Waals surface area (Å²) in [5.41, 5.74) is 7.30. The van der Waals surface area contributed by atoms with Gasteiger partial charge >= 0.3 is 6.03 Å². The smallest absolute Gasteiger partial charge is 0.312 e. The first-order valence-electron chi connectivity index (χ1n) is 5.63. The molecule has 0 radical (unpaired) electrons. The maximum absolute atomic E-state index is 11.2. The number of primary amides is 1. The van der Waals surface area contributed by atoms with Crippen LogP contribution in [0.2, 0.25) is 0 Å². The summed E-state index contributed by atoms with van der Waals surface area (Å²) in [6.07, 6.45) is 0. The van der Waals surface area contributed by atoms with Gasteiger partial charge < -0.3 is 11.1 Å². The van der Waals surface area contributed by atoms with E-state index in [0.29, 0.717) is 0 Å². The van der Waals surface area contributed by atoms with Crippen LogP contribution in [0.4, 0.5) is 4.79 Å². The number of nitrogens with one attached hydrogen (secondary N) is 1. The number of rotatable bonds is 3. The van der Waals surface area contributed by atoms with Crippen molar-refractivity contribution in [1.29, 1.82) is 0 Å². The van der Waals surface area contributed by atoms with E-state index in [9.17, 15) is 4.79 Å². The molecule has 2 aromatic rings. The lowest BCUT2D eigenvalue weighted by Crippen LogP contribution is -2.33. The molecule has 0 aromatic heterocycles. The summed E-state index contributed by atoms with van der Waals surface area (Å²) in [6, 6.07) is 15.3. The van der Waals surface area contributed by atoms with Crippen molar-refractivity contribution in [2.24, 2.45) is 5.73 Å². The van der Waals surface area contributed by atoms with Crippen molar-refractivity contribution in [3.8, 4) is 0 Å². The average Bonchev–Trinajstić information content (AvgIpc) is 2.38. The Morgan fingerprint density at radius 2 is 1.26 bits per heavy atom. The van der Waals surface area contributed by atoms with Gasteiger partial charge in [0, 0.05) is 7.14 Å². The number of urea groups is 1. The lowest BCUT2D eigenvalue weighted by atomic mass is 9.99. The predicted octanol–water partition coefficient (Wildman–Crippen LogP) is 3.65. The standard InChI is InChI=1S/C14H12I2N2O/c15-11-5-1-9(2-6-11)13(18-14(17)19)10-3-7-12(16)8-4-10/h1-8,13H,(H3,17,18,19). The van der Waals surface area contributed by atoms with Crippen LogP contribution >= 0.6 is 45.2 Å². The van der Waals surface area contributed by atoms with Gasteiger partial charge in [-0.2, -0.15) is 0 Å². The van der Waals surface area contributed by atoms with Crippen LogP contribution in [0.5, 0.6) is 0 Å². The van der Waals surface area contributed by atoms with E-state index in [4.69, 9.17) is 5.73 Å². The molecule has 0 atom stereocenters. The SMILES string of the molecule is NC(=O)NC(c1ccc(I)cc1)c1ccc(I)cc1. The summed E-state index contributed by atoms with van der Waals surface area (Å²) in [5, 5.41) is 2.79. The third kappa shape index (κ3) is 4.07. The Balaban J connectivity index is 2.37. The Labute approximate surface area is 139 Å². The zero-order valence-electron chi connectivity index (χ0n) is 9.94. The fourth-order valence-corrected chi connectivity index (χ4v) is 2.53. The van der Waals surface area contributed by atoms with Gasteiger partial charge in [-0.05, 0) is 80.6 Å². The molecule has 3 nitrogen and oxygen atoms in total. The summed E-state index contributed by atoms with van der Waals surface area (Å²) in [5.74, 6) is 0. The van der Waals surface area contributed by atoms with Crippen LogP contribution < -0.4 is 11.1 Å². The van der Waals surface area contributed by atoms with Crippen LogP contribution in [-0.2, 0) is 0 Å². The Hall–Kier alpha value is -0.830. The second kappa shape index (κ2) is 6.56. The molecular formula is C14H12I2N2O. The molecule has 98 valence electrons. The van der Waals surface area contributed by atoms with Crippen LogP contribution in [0.1, 0.15) is 17.2 Å². The molecular weight excluding hydrogens is 466 g/mol. The molecule has 0 saturated carbocycles. The quantitative estimate of drug-likeness (QED) is 0.651. The molecule has 0 saturated heterocycles. The van der Waals surface area contributed by atoms with Crippen LogP contribution in [0.3, 0.4) is 0 Å². The summed E-state index contributed by atoms with van der Waals surface area (Å²) in [7, 11) is 0. The third-order valence-electron chi connectivity index (χ3n) is 2.69. The van der Waals surface area contributed by atoms with Gasteiger partial charge in [-0.15, -0.1) is 0 Å². The fraction of sp³-hybridized carbons (Fsp3) is 0.0714. The van der Waals surface area contributed by atoms with Crippen LogP contribution in [0, 0.1) is 7.14 Å². The van der Waals surface area contributed by atoms with E-state index in [1.54, 1.807) is 0 Å². The van der Waals surface area contributed by atoms with E-state index in [2.05, 4.69) is 50.5 Å². The predicted molar refractivity (Wildman–Crippen MR) is 92.9 cm³/mol. The first kappa shape index (κ1) is 14.6. The van der Waals surface area contributed by atoms with Gasteiger partial charge in [0.15, 0.2) is 0 Å². The molecule has 2 aromatic carbocycles. The van der Waals surface area contributed by atoms with E-state index in [1.165, 1.54) is 0 Å². The number of halogens is 2. The van der Waals surface area contributed by atoms with E-state index >= 15 is 0 Å². The number of carbonyl (C=O) groups is 1. The van der Waals surface area contributed by atoms with Crippen LogP contribution in [0.25, 0.3) is 0 Å². The maximum Gasteiger partial charge on any atom is 0.312 e. The van der Waals surface area contributed by atoms with Gasteiger partial charge in [-0.25, -0.2) is 4.79 Å². The molecule has 0 bridgehead atoms. The highest BCUT2D eigenvalue weighted by Crippen LogP contribution is 2.23. The molecule has 0 aliphatic carbocycles. The van der Waals surface area contributed by atoms with Crippen LogP contribution in [-0.4, -0.2) is 6.03 Å². The lowest BCUT2D eigenvalue weighted by Gasteiger charge is -2.18. The Bertz CT molecular complexity index is 522. The zero-order valence-corrected chi connectivity index (χ0v) is 14.3. The molecule has 0 aliphatic heterocycles. The maximum atomic E-state index is 11.2. The van der Waals surface area contributed by atoms with Crippen molar-refractivity contribution in [2.45, 2.75) is 6.04 Å². The molecule has 2 amide bonds. The molecule has 0 fully saturated rings. The highest BCUT2D eigenvalue weighted by Gasteiger charge is 2.15. The van der Waals surface area contributed by atoms with Crippen molar-refractivity contribution in [3.63, 3.8) is 0 Å². The molecule has 19 heavy (non-hydrogen) atoms. The normalized spacial score (nSPS) is 10.5. The van der Waals surface area contributed by atoms with E-state index in [1.807, 2.05) is 48.5 Å². The first-order chi connectivity index (χ1) is 9.06. The topological polar surface area (TPSA) is 55.1 Å². The summed E-state index contributed by atoms with van der Waals surface area (Å²) >= 11 is 4.50. The van der Waals surface area contributed by atoms with Gasteiger partial charge in [0.1, 0.15) is 0 Å². The Morgan fingerprint density at radius 3 is 1.58 bits per heavy atom. The highest BCUT2D eigenvalue weighted by molar-refractivity contribution is 14.1. The van der Waals surface area contributed by atoms with Gasteiger partial charge in [-0.3, -0.25) is 0 Å². The molecule has 0 unspecified atom stereocenters. The minimum atomic E-state index is -0.526. The van der Waals surface area contributed by atoms with Gasteiger partial charge in [-0.1, -0.05) is 24.3 Å². The molecule has 0 spiro atoms. The van der Waals surface area contributed by atoms with Crippen molar-refractivity contribution in [3.05, 3.63) is 66.8 Å². The van der Waals surface area contributed by atoms with E-state index in [0.717, 1.165) is 18.3 Å². The Morgan fingerprint density at radius 1 is 0.895 bits per heavy atom. The molecule has 0 heterocycles. The number of hydrogen-bond donors (Lipinski definition) is 2. The number of amides is 2. The number of benzene rings is 2. The van der Waals surface area contributed by atoms with Crippen molar-refractivity contribution >= 4 is 51.2 Å². The zero-order chi connectivity index (χ0) is 13.8. The fourth-order valence-electron chi connectivity index (χ4n) is 1.81. The molecule has 5 heteroatoms. The van der Waals surface area contributed by atoms with Crippen molar-refractivity contribution < 1.29 is 4.79 Å². The summed E-state index contributed by atoms with van der Waals surface area (Å²) in [4.78, 5) is 11.2. The first-order valence-corrected chi connectivity index (χ1v) is 7.79. The second-order valence-corrected chi connectivity index (χ2v) is 6.54. The highest BCUT2D eigenvalue weighted by atomic mass is 127. The molecule has 2 rings (SSSR count). The Kier molecular flexibility index (Phi) is 5.03. The van der Waals surface area contributed by atoms with Crippen LogP contribution in [0.15, 0.2) is 48.5 Å². The second-order valence-electron chi connectivity index (χ2n) is 4.04. The average molecular weight is 478 g/mol. The largest absolute Gasteiger partial charge is 0.352 e. The molecule has 0 aliphatic rings. The van der Waals surface area contributed by atoms with E-state index < -0.39 is 6.03 Å². The lowest BCUT2D eigenvalue weighted by molar-refractivity contribution is 0.247. The molecule has 3 N–H and O–H groups in total. The number of nitrogens with two attached hydrogens (primary N) is 1. The summed E-state index contributed by atoms with van der Waals surface area (Å²) in [6.45, 7) is 0. The minimum Gasteiger partial charge on any atom is -0.352 e.